The lowest BCUT2D eigenvalue weighted by molar-refractivity contribution is 1.30. The standard InChI is InChI=1S/C59H37N/c1-36-24-33-51-57-47-21-9-17-41-16-8-18-44(54(41)47)45-19-10-23-49(56(45)57)58-48-22-11-20-46-52(35-34-50(55(46)48)53(36)59(51)58)60(42-29-25-39(26-30-42)37-12-4-2-5-13-37)43-31-27-40(28-32-43)38-14-6-3-7-15-38/h2-35H,1H3. The SMILES string of the molecule is Cc1ccc2c3c4cccc5cccc(c6cccc(c63)c3c6cccc7c(N(c8ccc(-c9ccccc9)cc8)c8ccc(-c9ccccc9)cc8)ccc(c1c23)c76)c54. The zero-order valence-corrected chi connectivity index (χ0v) is 33.1. The predicted octanol–water partition coefficient (Wildman–Crippen LogP) is 16.9. The van der Waals surface area contributed by atoms with Crippen molar-refractivity contribution in [1.29, 1.82) is 0 Å². The van der Waals surface area contributed by atoms with Crippen LogP contribution in [0.1, 0.15) is 5.56 Å². The minimum atomic E-state index is 1.12. The highest BCUT2D eigenvalue weighted by molar-refractivity contribution is 6.48. The van der Waals surface area contributed by atoms with Crippen molar-refractivity contribution in [3.8, 4) is 22.3 Å². The van der Waals surface area contributed by atoms with Gasteiger partial charge in [-0.3, -0.25) is 0 Å². The fourth-order valence-electron chi connectivity index (χ4n) is 10.7. The predicted molar refractivity (Wildman–Crippen MR) is 259 cm³/mol. The van der Waals surface area contributed by atoms with Crippen LogP contribution >= 0.6 is 0 Å². The summed E-state index contributed by atoms with van der Waals surface area (Å²) in [5, 5.41) is 21.2. The zero-order valence-electron chi connectivity index (χ0n) is 33.1. The molecule has 0 amide bonds. The van der Waals surface area contributed by atoms with E-state index in [0.717, 1.165) is 17.1 Å². The Balaban J connectivity index is 1.13. The Kier molecular flexibility index (Phi) is 7.00. The van der Waals surface area contributed by atoms with E-state index in [9.17, 15) is 0 Å². The number of fused-ring (bicyclic) bond motifs is 6. The number of hydrogen-bond donors (Lipinski definition) is 0. The molecule has 0 aliphatic rings. The van der Waals surface area contributed by atoms with E-state index >= 15 is 0 Å². The average Bonchev–Trinajstić information content (AvgIpc) is 3.31. The largest absolute Gasteiger partial charge is 0.310 e. The van der Waals surface area contributed by atoms with E-state index in [0.29, 0.717) is 0 Å². The summed E-state index contributed by atoms with van der Waals surface area (Å²) in [5.41, 5.74) is 9.53. The van der Waals surface area contributed by atoms with Crippen molar-refractivity contribution in [1.82, 2.24) is 0 Å². The van der Waals surface area contributed by atoms with Gasteiger partial charge in [0.25, 0.3) is 0 Å². The molecule has 13 rings (SSSR count). The van der Waals surface area contributed by atoms with Crippen molar-refractivity contribution < 1.29 is 0 Å². The molecule has 0 bridgehead atoms. The number of hydrogen-bond acceptors (Lipinski definition) is 1. The van der Waals surface area contributed by atoms with E-state index < -0.39 is 0 Å². The summed E-state index contributed by atoms with van der Waals surface area (Å²) in [5.74, 6) is 0. The number of anilines is 3. The minimum absolute atomic E-state index is 1.12. The summed E-state index contributed by atoms with van der Waals surface area (Å²) in [6.07, 6.45) is 0. The van der Waals surface area contributed by atoms with Crippen LogP contribution in [0.25, 0.3) is 108 Å². The van der Waals surface area contributed by atoms with Gasteiger partial charge in [0, 0.05) is 16.8 Å². The van der Waals surface area contributed by atoms with Gasteiger partial charge in [-0.25, -0.2) is 0 Å². The molecule has 0 aliphatic heterocycles. The summed E-state index contributed by atoms with van der Waals surface area (Å²) in [6, 6.07) is 76.5. The smallest absolute Gasteiger partial charge is 0.0540 e. The normalized spacial score (nSPS) is 12.1. The third kappa shape index (κ3) is 4.63. The molecule has 0 aromatic heterocycles. The molecule has 0 fully saturated rings. The molecule has 0 saturated heterocycles. The second-order valence-corrected chi connectivity index (χ2v) is 16.4. The van der Waals surface area contributed by atoms with Crippen LogP contribution in [0.2, 0.25) is 0 Å². The van der Waals surface area contributed by atoms with E-state index in [1.54, 1.807) is 0 Å². The fourth-order valence-corrected chi connectivity index (χ4v) is 10.7. The van der Waals surface area contributed by atoms with E-state index in [1.807, 2.05) is 0 Å². The average molecular weight is 760 g/mol. The highest BCUT2D eigenvalue weighted by atomic mass is 15.1. The molecule has 0 unspecified atom stereocenters. The number of nitrogens with zero attached hydrogens (tertiary/aromatic N) is 1. The van der Waals surface area contributed by atoms with E-state index in [2.05, 4.69) is 218 Å². The molecule has 0 aliphatic carbocycles. The van der Waals surface area contributed by atoms with Gasteiger partial charge in [0.2, 0.25) is 0 Å². The van der Waals surface area contributed by atoms with Gasteiger partial charge in [0.1, 0.15) is 0 Å². The first kappa shape index (κ1) is 33.3. The first-order valence-electron chi connectivity index (χ1n) is 20.9. The van der Waals surface area contributed by atoms with E-state index in [4.69, 9.17) is 0 Å². The van der Waals surface area contributed by atoms with Crippen molar-refractivity contribution in [3.63, 3.8) is 0 Å². The maximum Gasteiger partial charge on any atom is 0.0540 e. The van der Waals surface area contributed by atoms with Gasteiger partial charge in [-0.05, 0) is 146 Å². The van der Waals surface area contributed by atoms with E-state index in [1.165, 1.54) is 114 Å². The van der Waals surface area contributed by atoms with Crippen molar-refractivity contribution in [2.75, 3.05) is 4.90 Å². The number of rotatable bonds is 5. The molecule has 0 radical (unpaired) electrons. The molecule has 13 aromatic carbocycles. The summed E-state index contributed by atoms with van der Waals surface area (Å²) in [6.45, 7) is 2.29. The summed E-state index contributed by atoms with van der Waals surface area (Å²) >= 11 is 0. The van der Waals surface area contributed by atoms with Gasteiger partial charge in [-0.2, -0.15) is 0 Å². The summed E-state index contributed by atoms with van der Waals surface area (Å²) in [7, 11) is 0. The van der Waals surface area contributed by atoms with Crippen molar-refractivity contribution >= 4 is 103 Å². The lowest BCUT2D eigenvalue weighted by atomic mass is 9.81. The third-order valence-electron chi connectivity index (χ3n) is 13.2. The van der Waals surface area contributed by atoms with E-state index in [-0.39, 0.29) is 0 Å². The third-order valence-corrected chi connectivity index (χ3v) is 13.2. The fraction of sp³-hybridized carbons (Fsp3) is 0.0169. The highest BCUT2D eigenvalue weighted by Gasteiger charge is 2.24. The van der Waals surface area contributed by atoms with Gasteiger partial charge in [-0.1, -0.05) is 176 Å². The Hall–Kier alpha value is -7.74. The number of benzene rings is 13. The van der Waals surface area contributed by atoms with Crippen LogP contribution < -0.4 is 4.90 Å². The monoisotopic (exact) mass is 759 g/mol. The highest BCUT2D eigenvalue weighted by Crippen LogP contribution is 2.52. The second-order valence-electron chi connectivity index (χ2n) is 16.4. The molecule has 0 atom stereocenters. The van der Waals surface area contributed by atoms with Crippen LogP contribution in [-0.2, 0) is 0 Å². The Labute approximate surface area is 347 Å². The topological polar surface area (TPSA) is 3.24 Å². The molecule has 1 nitrogen and oxygen atoms in total. The maximum absolute atomic E-state index is 2.45. The molecule has 278 valence electrons. The van der Waals surface area contributed by atoms with Gasteiger partial charge in [0.05, 0.1) is 5.69 Å². The van der Waals surface area contributed by atoms with Crippen molar-refractivity contribution in [2.24, 2.45) is 0 Å². The van der Waals surface area contributed by atoms with Gasteiger partial charge >= 0.3 is 0 Å². The maximum atomic E-state index is 2.45. The molecule has 1 heteroatoms. The van der Waals surface area contributed by atoms with Crippen LogP contribution in [0.4, 0.5) is 17.1 Å². The zero-order chi connectivity index (χ0) is 39.5. The molecule has 0 N–H and O–H groups in total. The number of aryl methyl sites for hydroxylation is 1. The first-order chi connectivity index (χ1) is 29.7. The molecule has 0 spiro atoms. The van der Waals surface area contributed by atoms with Crippen molar-refractivity contribution in [2.45, 2.75) is 6.92 Å². The van der Waals surface area contributed by atoms with Crippen LogP contribution in [0.3, 0.4) is 0 Å². The Morgan fingerprint density at radius 2 is 0.667 bits per heavy atom. The minimum Gasteiger partial charge on any atom is -0.310 e. The van der Waals surface area contributed by atoms with Crippen LogP contribution in [0, 0.1) is 6.92 Å². The molecule has 60 heavy (non-hydrogen) atoms. The molecular weight excluding hydrogens is 723 g/mol. The lowest BCUT2D eigenvalue weighted by Crippen LogP contribution is -2.10. The quantitative estimate of drug-likeness (QED) is 0.125. The van der Waals surface area contributed by atoms with Gasteiger partial charge < -0.3 is 4.90 Å². The second kappa shape index (κ2) is 12.6. The molecule has 0 saturated carbocycles. The molecule has 0 heterocycles. The van der Waals surface area contributed by atoms with Crippen LogP contribution in [0.5, 0.6) is 0 Å². The summed E-state index contributed by atoms with van der Waals surface area (Å²) < 4.78 is 0. The van der Waals surface area contributed by atoms with Crippen LogP contribution in [0.15, 0.2) is 206 Å². The molecule has 13 aromatic rings. The summed E-state index contributed by atoms with van der Waals surface area (Å²) in [4.78, 5) is 2.45. The Bertz CT molecular complexity index is 3700. The first-order valence-corrected chi connectivity index (χ1v) is 20.9. The van der Waals surface area contributed by atoms with Gasteiger partial charge in [-0.15, -0.1) is 0 Å². The molecular formula is C59H37N. The van der Waals surface area contributed by atoms with Gasteiger partial charge in [0.15, 0.2) is 0 Å². The van der Waals surface area contributed by atoms with Crippen LogP contribution in [-0.4, -0.2) is 0 Å². The Morgan fingerprint density at radius 3 is 1.28 bits per heavy atom. The van der Waals surface area contributed by atoms with Crippen molar-refractivity contribution in [3.05, 3.63) is 212 Å². The lowest BCUT2D eigenvalue weighted by Gasteiger charge is -2.28. The Morgan fingerprint density at radius 1 is 0.250 bits per heavy atom.